The maximum Gasteiger partial charge on any atom is 0.257 e. The van der Waals surface area contributed by atoms with Crippen LogP contribution in [0.25, 0.3) is 0 Å². The van der Waals surface area contributed by atoms with Gasteiger partial charge in [-0.05, 0) is 6.42 Å². The number of thiol groups is 1. The lowest BCUT2D eigenvalue weighted by Gasteiger charge is -2.19. The van der Waals surface area contributed by atoms with Crippen LogP contribution in [0.15, 0.2) is 0 Å². The number of carbonyl (C=O) groups excluding carboxylic acids is 1. The molecule has 1 aromatic heterocycles. The highest BCUT2D eigenvalue weighted by Crippen LogP contribution is 2.29. The highest BCUT2D eigenvalue weighted by Gasteiger charge is 2.31. The standard InChI is InChI=1S/C10H13N5OS/c11-10-13-6-3-12-9(16)7(6)8(14-10)15-2-1-5(17)4-15/h5,17H,1-4H2,(H,12,16)(H2,11,13,14). The summed E-state index contributed by atoms with van der Waals surface area (Å²) in [6.45, 7) is 2.08. The van der Waals surface area contributed by atoms with Crippen LogP contribution in [0.4, 0.5) is 11.8 Å². The van der Waals surface area contributed by atoms with Gasteiger partial charge in [-0.3, -0.25) is 4.79 Å². The Morgan fingerprint density at radius 1 is 1.47 bits per heavy atom. The minimum absolute atomic E-state index is 0.113. The number of aromatic nitrogens is 2. The van der Waals surface area contributed by atoms with E-state index in [1.54, 1.807) is 0 Å². The third kappa shape index (κ3) is 1.70. The second-order valence-electron chi connectivity index (χ2n) is 4.30. The summed E-state index contributed by atoms with van der Waals surface area (Å²) >= 11 is 4.44. The first kappa shape index (κ1) is 10.6. The molecule has 6 nitrogen and oxygen atoms in total. The molecule has 1 aromatic rings. The summed E-state index contributed by atoms with van der Waals surface area (Å²) < 4.78 is 0. The van der Waals surface area contributed by atoms with Gasteiger partial charge >= 0.3 is 0 Å². The summed E-state index contributed by atoms with van der Waals surface area (Å²) in [5.74, 6) is 0.759. The Morgan fingerprint density at radius 3 is 3.00 bits per heavy atom. The second-order valence-corrected chi connectivity index (χ2v) is 5.03. The van der Waals surface area contributed by atoms with E-state index in [0.29, 0.717) is 28.9 Å². The lowest BCUT2D eigenvalue weighted by Crippen LogP contribution is -2.25. The van der Waals surface area contributed by atoms with E-state index in [4.69, 9.17) is 5.73 Å². The zero-order valence-corrected chi connectivity index (χ0v) is 10.1. The van der Waals surface area contributed by atoms with Crippen molar-refractivity contribution in [2.24, 2.45) is 0 Å². The average Bonchev–Trinajstić information content (AvgIpc) is 2.85. The van der Waals surface area contributed by atoms with E-state index in [1.165, 1.54) is 0 Å². The Kier molecular flexibility index (Phi) is 2.36. The minimum atomic E-state index is -0.113. The van der Waals surface area contributed by atoms with Crippen LogP contribution in [0.1, 0.15) is 22.5 Å². The van der Waals surface area contributed by atoms with E-state index in [1.807, 2.05) is 0 Å². The van der Waals surface area contributed by atoms with Crippen LogP contribution in [-0.4, -0.2) is 34.2 Å². The van der Waals surface area contributed by atoms with Gasteiger partial charge in [0.2, 0.25) is 5.95 Å². The van der Waals surface area contributed by atoms with Crippen LogP contribution < -0.4 is 16.0 Å². The number of amides is 1. The zero-order valence-electron chi connectivity index (χ0n) is 9.18. The Balaban J connectivity index is 2.07. The number of nitrogens with two attached hydrogens (primary N) is 1. The number of carbonyl (C=O) groups is 1. The lowest BCUT2D eigenvalue weighted by atomic mass is 10.2. The van der Waals surface area contributed by atoms with Gasteiger partial charge in [-0.2, -0.15) is 17.6 Å². The van der Waals surface area contributed by atoms with Gasteiger partial charge in [0.25, 0.3) is 5.91 Å². The normalized spacial score (nSPS) is 22.8. The molecule has 0 spiro atoms. The van der Waals surface area contributed by atoms with Gasteiger partial charge in [-0.15, -0.1) is 0 Å². The van der Waals surface area contributed by atoms with Gasteiger partial charge in [0, 0.05) is 18.3 Å². The SMILES string of the molecule is Nc1nc2c(c(N3CCC(S)C3)n1)C(=O)NC2. The largest absolute Gasteiger partial charge is 0.368 e. The summed E-state index contributed by atoms with van der Waals surface area (Å²) in [5.41, 5.74) is 6.94. The molecule has 0 saturated carbocycles. The molecule has 3 heterocycles. The van der Waals surface area contributed by atoms with Gasteiger partial charge in [0.1, 0.15) is 11.4 Å². The number of nitrogen functional groups attached to an aromatic ring is 1. The average molecular weight is 251 g/mol. The second kappa shape index (κ2) is 3.76. The predicted molar refractivity (Wildman–Crippen MR) is 67.2 cm³/mol. The molecule has 90 valence electrons. The number of rotatable bonds is 1. The molecule has 0 aromatic carbocycles. The van der Waals surface area contributed by atoms with Crippen molar-refractivity contribution in [3.8, 4) is 0 Å². The fourth-order valence-corrected chi connectivity index (χ4v) is 2.60. The van der Waals surface area contributed by atoms with Crippen molar-refractivity contribution in [2.75, 3.05) is 23.7 Å². The molecular weight excluding hydrogens is 238 g/mol. The molecule has 2 aliphatic rings. The number of nitrogens with one attached hydrogen (secondary N) is 1. The summed E-state index contributed by atoms with van der Waals surface area (Å²) in [5, 5.41) is 3.07. The van der Waals surface area contributed by atoms with Crippen molar-refractivity contribution in [3.05, 3.63) is 11.3 Å². The molecule has 1 unspecified atom stereocenters. The number of hydrogen-bond donors (Lipinski definition) is 3. The maximum atomic E-state index is 11.8. The number of fused-ring (bicyclic) bond motifs is 1. The van der Waals surface area contributed by atoms with E-state index < -0.39 is 0 Å². The molecule has 0 aliphatic carbocycles. The molecule has 1 amide bonds. The van der Waals surface area contributed by atoms with E-state index in [2.05, 4.69) is 32.8 Å². The van der Waals surface area contributed by atoms with E-state index in [0.717, 1.165) is 19.5 Å². The topological polar surface area (TPSA) is 84.1 Å². The quantitative estimate of drug-likeness (QED) is 0.603. The maximum absolute atomic E-state index is 11.8. The summed E-state index contributed by atoms with van der Waals surface area (Å²) in [6.07, 6.45) is 0.989. The van der Waals surface area contributed by atoms with E-state index in [9.17, 15) is 4.79 Å². The zero-order chi connectivity index (χ0) is 12.0. The van der Waals surface area contributed by atoms with Crippen LogP contribution in [0.5, 0.6) is 0 Å². The first-order valence-electron chi connectivity index (χ1n) is 5.53. The Labute approximate surface area is 104 Å². The lowest BCUT2D eigenvalue weighted by molar-refractivity contribution is 0.0966. The monoisotopic (exact) mass is 251 g/mol. The van der Waals surface area contributed by atoms with E-state index >= 15 is 0 Å². The van der Waals surface area contributed by atoms with Crippen molar-refractivity contribution in [1.82, 2.24) is 15.3 Å². The Hall–Kier alpha value is -1.50. The molecule has 3 N–H and O–H groups in total. The predicted octanol–water partition coefficient (Wildman–Crippen LogP) is -0.189. The smallest absolute Gasteiger partial charge is 0.257 e. The van der Waals surface area contributed by atoms with Gasteiger partial charge < -0.3 is 16.0 Å². The van der Waals surface area contributed by atoms with Gasteiger partial charge in [-0.1, -0.05) is 0 Å². The van der Waals surface area contributed by atoms with Crippen LogP contribution in [0.3, 0.4) is 0 Å². The van der Waals surface area contributed by atoms with Gasteiger partial charge in [0.15, 0.2) is 0 Å². The molecule has 1 fully saturated rings. The number of anilines is 2. The molecule has 0 radical (unpaired) electrons. The summed E-state index contributed by atoms with van der Waals surface area (Å²) in [7, 11) is 0. The third-order valence-electron chi connectivity index (χ3n) is 3.09. The fraction of sp³-hybridized carbons (Fsp3) is 0.500. The minimum Gasteiger partial charge on any atom is -0.368 e. The molecule has 7 heteroatoms. The molecule has 2 aliphatic heterocycles. The van der Waals surface area contributed by atoms with Crippen LogP contribution in [-0.2, 0) is 6.54 Å². The molecule has 1 atom stereocenters. The Morgan fingerprint density at radius 2 is 2.29 bits per heavy atom. The van der Waals surface area contributed by atoms with Crippen molar-refractivity contribution in [2.45, 2.75) is 18.2 Å². The van der Waals surface area contributed by atoms with Crippen molar-refractivity contribution < 1.29 is 4.79 Å². The molecular formula is C10H13N5OS. The number of hydrogen-bond acceptors (Lipinski definition) is 6. The highest BCUT2D eigenvalue weighted by atomic mass is 32.1. The first-order chi connectivity index (χ1) is 8.15. The summed E-state index contributed by atoms with van der Waals surface area (Å²) in [4.78, 5) is 22.1. The molecule has 0 bridgehead atoms. The van der Waals surface area contributed by atoms with Gasteiger partial charge in [0.05, 0.1) is 12.2 Å². The Bertz CT molecular complexity index is 492. The molecule has 3 rings (SSSR count). The highest BCUT2D eigenvalue weighted by molar-refractivity contribution is 7.81. The van der Waals surface area contributed by atoms with Crippen molar-refractivity contribution >= 4 is 30.3 Å². The fourth-order valence-electron chi connectivity index (χ4n) is 2.29. The first-order valence-corrected chi connectivity index (χ1v) is 6.04. The van der Waals surface area contributed by atoms with Crippen LogP contribution in [0.2, 0.25) is 0 Å². The molecule has 17 heavy (non-hydrogen) atoms. The third-order valence-corrected chi connectivity index (χ3v) is 3.51. The number of nitrogens with zero attached hydrogens (tertiary/aromatic N) is 3. The summed E-state index contributed by atoms with van der Waals surface area (Å²) in [6, 6.07) is 0. The van der Waals surface area contributed by atoms with Gasteiger partial charge in [-0.25, -0.2) is 4.98 Å². The van der Waals surface area contributed by atoms with E-state index in [-0.39, 0.29) is 11.9 Å². The van der Waals surface area contributed by atoms with Crippen molar-refractivity contribution in [1.29, 1.82) is 0 Å². The molecule has 1 saturated heterocycles. The van der Waals surface area contributed by atoms with Crippen LogP contribution in [0, 0.1) is 0 Å². The van der Waals surface area contributed by atoms with Crippen molar-refractivity contribution in [3.63, 3.8) is 0 Å². The van der Waals surface area contributed by atoms with Crippen LogP contribution >= 0.6 is 12.6 Å².